The third kappa shape index (κ3) is 3.95. The topological polar surface area (TPSA) is 60.2 Å². The Labute approximate surface area is 126 Å². The molecule has 0 saturated heterocycles. The number of nitrogens with one attached hydrogen (secondary N) is 1. The summed E-state index contributed by atoms with van der Waals surface area (Å²) in [6, 6.07) is 12.0. The number of anilines is 1. The lowest BCUT2D eigenvalue weighted by Gasteiger charge is -2.23. The van der Waals surface area contributed by atoms with Crippen LogP contribution in [0.1, 0.15) is 38.4 Å². The Morgan fingerprint density at radius 1 is 1.19 bits per heavy atom. The van der Waals surface area contributed by atoms with E-state index < -0.39 is 0 Å². The van der Waals surface area contributed by atoms with Gasteiger partial charge in [-0.3, -0.25) is 10.8 Å². The monoisotopic (exact) mass is 285 g/mol. The SMILES string of the molecule is CCC(C)(C)c1ccc(OCc2cc(NN)ccn2)cc1. The number of ether oxygens (including phenoxy) is 1. The molecule has 0 aliphatic rings. The van der Waals surface area contributed by atoms with Gasteiger partial charge in [-0.2, -0.15) is 0 Å². The molecule has 0 unspecified atom stereocenters. The van der Waals surface area contributed by atoms with Crippen LogP contribution in [0.4, 0.5) is 5.69 Å². The zero-order valence-electron chi connectivity index (χ0n) is 12.9. The van der Waals surface area contributed by atoms with E-state index in [1.807, 2.05) is 24.3 Å². The average Bonchev–Trinajstić information content (AvgIpc) is 2.53. The highest BCUT2D eigenvalue weighted by Gasteiger charge is 2.17. The van der Waals surface area contributed by atoms with Crippen molar-refractivity contribution in [3.63, 3.8) is 0 Å². The minimum Gasteiger partial charge on any atom is -0.487 e. The van der Waals surface area contributed by atoms with E-state index in [0.717, 1.165) is 23.6 Å². The number of benzene rings is 1. The molecule has 0 atom stereocenters. The molecule has 112 valence electrons. The van der Waals surface area contributed by atoms with Crippen LogP contribution in [0, 0.1) is 0 Å². The van der Waals surface area contributed by atoms with Gasteiger partial charge in [0.05, 0.1) is 11.4 Å². The molecule has 2 aromatic rings. The van der Waals surface area contributed by atoms with E-state index >= 15 is 0 Å². The second-order valence-electron chi connectivity index (χ2n) is 5.73. The average molecular weight is 285 g/mol. The first kappa shape index (κ1) is 15.3. The van der Waals surface area contributed by atoms with Gasteiger partial charge in [-0.05, 0) is 41.7 Å². The summed E-state index contributed by atoms with van der Waals surface area (Å²) in [6.45, 7) is 7.12. The van der Waals surface area contributed by atoms with Crippen LogP contribution in [0.5, 0.6) is 5.75 Å². The van der Waals surface area contributed by atoms with Crippen molar-refractivity contribution >= 4 is 5.69 Å². The van der Waals surface area contributed by atoms with Crippen molar-refractivity contribution in [2.75, 3.05) is 5.43 Å². The second-order valence-corrected chi connectivity index (χ2v) is 5.73. The molecule has 3 N–H and O–H groups in total. The Morgan fingerprint density at radius 3 is 2.52 bits per heavy atom. The van der Waals surface area contributed by atoms with E-state index in [2.05, 4.69) is 43.3 Å². The highest BCUT2D eigenvalue weighted by Crippen LogP contribution is 2.28. The molecular weight excluding hydrogens is 262 g/mol. The molecule has 0 fully saturated rings. The summed E-state index contributed by atoms with van der Waals surface area (Å²) >= 11 is 0. The van der Waals surface area contributed by atoms with Crippen LogP contribution in [0.2, 0.25) is 0 Å². The zero-order chi connectivity index (χ0) is 15.3. The van der Waals surface area contributed by atoms with Crippen molar-refractivity contribution in [3.05, 3.63) is 53.9 Å². The van der Waals surface area contributed by atoms with Crippen LogP contribution in [0.15, 0.2) is 42.6 Å². The molecule has 21 heavy (non-hydrogen) atoms. The van der Waals surface area contributed by atoms with Crippen molar-refractivity contribution in [1.82, 2.24) is 4.98 Å². The third-order valence-corrected chi connectivity index (χ3v) is 3.89. The molecule has 1 aromatic carbocycles. The summed E-state index contributed by atoms with van der Waals surface area (Å²) in [7, 11) is 0. The molecule has 4 heteroatoms. The van der Waals surface area contributed by atoms with Crippen molar-refractivity contribution < 1.29 is 4.74 Å². The highest BCUT2D eigenvalue weighted by atomic mass is 16.5. The molecule has 0 radical (unpaired) electrons. The molecule has 0 aliphatic carbocycles. The van der Waals surface area contributed by atoms with Crippen LogP contribution in [-0.4, -0.2) is 4.98 Å². The molecular formula is C17H23N3O. The van der Waals surface area contributed by atoms with E-state index in [-0.39, 0.29) is 5.41 Å². The summed E-state index contributed by atoms with van der Waals surface area (Å²) in [5.41, 5.74) is 5.78. The molecule has 0 amide bonds. The molecule has 0 saturated carbocycles. The van der Waals surface area contributed by atoms with Gasteiger partial charge in [0.15, 0.2) is 0 Å². The molecule has 0 bridgehead atoms. The lowest BCUT2D eigenvalue weighted by atomic mass is 9.82. The number of hydrazine groups is 1. The number of hydrogen-bond donors (Lipinski definition) is 2. The molecule has 1 aromatic heterocycles. The van der Waals surface area contributed by atoms with Gasteiger partial charge in [-0.25, -0.2) is 0 Å². The lowest BCUT2D eigenvalue weighted by molar-refractivity contribution is 0.301. The number of pyridine rings is 1. The lowest BCUT2D eigenvalue weighted by Crippen LogP contribution is -2.15. The van der Waals surface area contributed by atoms with Crippen molar-refractivity contribution in [3.8, 4) is 5.75 Å². The van der Waals surface area contributed by atoms with E-state index in [0.29, 0.717) is 6.61 Å². The minimum absolute atomic E-state index is 0.196. The maximum Gasteiger partial charge on any atom is 0.130 e. The van der Waals surface area contributed by atoms with Crippen molar-refractivity contribution in [2.24, 2.45) is 5.84 Å². The quantitative estimate of drug-likeness (QED) is 0.628. The number of rotatable bonds is 6. The van der Waals surface area contributed by atoms with Gasteiger partial charge >= 0.3 is 0 Å². The Kier molecular flexibility index (Phi) is 4.81. The van der Waals surface area contributed by atoms with Crippen molar-refractivity contribution in [1.29, 1.82) is 0 Å². The van der Waals surface area contributed by atoms with E-state index in [1.165, 1.54) is 5.56 Å². The number of hydrogen-bond acceptors (Lipinski definition) is 4. The van der Waals surface area contributed by atoms with Gasteiger partial charge in [0.1, 0.15) is 12.4 Å². The summed E-state index contributed by atoms with van der Waals surface area (Å²) in [6.07, 6.45) is 2.82. The van der Waals surface area contributed by atoms with Gasteiger partial charge in [-0.15, -0.1) is 0 Å². The van der Waals surface area contributed by atoms with Crippen LogP contribution in [0.25, 0.3) is 0 Å². The van der Waals surface area contributed by atoms with Crippen LogP contribution < -0.4 is 16.0 Å². The molecule has 0 aliphatic heterocycles. The van der Waals surface area contributed by atoms with E-state index in [1.54, 1.807) is 6.20 Å². The fraction of sp³-hybridized carbons (Fsp3) is 0.353. The predicted molar refractivity (Wildman–Crippen MR) is 86.1 cm³/mol. The van der Waals surface area contributed by atoms with Crippen LogP contribution in [0.3, 0.4) is 0 Å². The molecule has 0 spiro atoms. The standard InChI is InChI=1S/C17H23N3O/c1-4-17(2,3)13-5-7-16(8-6-13)21-12-15-11-14(20-18)9-10-19-15/h5-11H,4,12,18H2,1-3H3,(H,19,20). The number of nitrogens with zero attached hydrogens (tertiary/aromatic N) is 1. The van der Waals surface area contributed by atoms with Crippen molar-refractivity contribution in [2.45, 2.75) is 39.2 Å². The fourth-order valence-corrected chi connectivity index (χ4v) is 2.01. The van der Waals surface area contributed by atoms with Gasteiger partial charge in [-0.1, -0.05) is 32.9 Å². The van der Waals surface area contributed by atoms with Gasteiger partial charge in [0.25, 0.3) is 0 Å². The van der Waals surface area contributed by atoms with Gasteiger partial charge < -0.3 is 10.2 Å². The maximum atomic E-state index is 5.76. The Hall–Kier alpha value is -2.07. The van der Waals surface area contributed by atoms with Gasteiger partial charge in [0, 0.05) is 6.20 Å². The number of aromatic nitrogens is 1. The number of nitrogen functional groups attached to an aromatic ring is 1. The normalized spacial score (nSPS) is 11.2. The second kappa shape index (κ2) is 6.59. The minimum atomic E-state index is 0.196. The molecule has 4 nitrogen and oxygen atoms in total. The molecule has 2 rings (SSSR count). The van der Waals surface area contributed by atoms with E-state index in [4.69, 9.17) is 10.6 Å². The zero-order valence-corrected chi connectivity index (χ0v) is 12.9. The first-order valence-electron chi connectivity index (χ1n) is 7.20. The fourth-order valence-electron chi connectivity index (χ4n) is 2.01. The van der Waals surface area contributed by atoms with Gasteiger partial charge in [0.2, 0.25) is 0 Å². The summed E-state index contributed by atoms with van der Waals surface area (Å²) in [5, 5.41) is 0. The smallest absolute Gasteiger partial charge is 0.130 e. The van der Waals surface area contributed by atoms with E-state index in [9.17, 15) is 0 Å². The Balaban J connectivity index is 2.00. The summed E-state index contributed by atoms with van der Waals surface area (Å²) in [4.78, 5) is 4.25. The Bertz CT molecular complexity index is 579. The predicted octanol–water partition coefficient (Wildman–Crippen LogP) is 3.63. The largest absolute Gasteiger partial charge is 0.487 e. The maximum absolute atomic E-state index is 5.76. The number of nitrogens with two attached hydrogens (primary N) is 1. The Morgan fingerprint density at radius 2 is 1.90 bits per heavy atom. The summed E-state index contributed by atoms with van der Waals surface area (Å²) in [5.74, 6) is 6.22. The first-order chi connectivity index (χ1) is 10.0. The highest BCUT2D eigenvalue weighted by molar-refractivity contribution is 5.41. The van der Waals surface area contributed by atoms with Crippen LogP contribution in [-0.2, 0) is 12.0 Å². The summed E-state index contributed by atoms with van der Waals surface area (Å²) < 4.78 is 5.76. The van der Waals surface area contributed by atoms with Crippen LogP contribution >= 0.6 is 0 Å². The third-order valence-electron chi connectivity index (χ3n) is 3.89. The first-order valence-corrected chi connectivity index (χ1v) is 7.20. The molecule has 1 heterocycles.